The highest BCUT2D eigenvalue weighted by Crippen LogP contribution is 2.46. The minimum atomic E-state index is -3.21. The van der Waals surface area contributed by atoms with E-state index in [1.165, 1.54) is 36.9 Å². The second-order valence-corrected chi connectivity index (χ2v) is 15.0. The molecule has 0 radical (unpaired) electrons. The van der Waals surface area contributed by atoms with Gasteiger partial charge in [0.25, 0.3) is 18.3 Å². The van der Waals surface area contributed by atoms with Gasteiger partial charge < -0.3 is 10.5 Å². The monoisotopic (exact) mass is 742 g/mol. The van der Waals surface area contributed by atoms with Gasteiger partial charge in [0.15, 0.2) is 23.1 Å². The summed E-state index contributed by atoms with van der Waals surface area (Å²) in [6.07, 6.45) is 0.726. The maximum absolute atomic E-state index is 14.9. The van der Waals surface area contributed by atoms with Crippen molar-refractivity contribution in [3.05, 3.63) is 89.2 Å². The number of guanidine groups is 1. The molecule has 1 amide bonds. The van der Waals surface area contributed by atoms with Gasteiger partial charge in [-0.25, -0.2) is 42.2 Å². The lowest BCUT2D eigenvalue weighted by atomic mass is 9.75. The van der Waals surface area contributed by atoms with Gasteiger partial charge in [-0.2, -0.15) is 5.10 Å². The van der Waals surface area contributed by atoms with Crippen LogP contribution in [0.25, 0.3) is 17.1 Å². The van der Waals surface area contributed by atoms with Crippen molar-refractivity contribution < 1.29 is 31.9 Å². The molecule has 0 unspecified atom stereocenters. The fraction of sp³-hybridized carbons (Fsp3) is 0.417. The Kier molecular flexibility index (Phi) is 10.5. The van der Waals surface area contributed by atoms with Crippen LogP contribution in [0.1, 0.15) is 83.8 Å². The van der Waals surface area contributed by atoms with Crippen molar-refractivity contribution in [2.24, 2.45) is 21.6 Å². The van der Waals surface area contributed by atoms with Crippen LogP contribution in [0.2, 0.25) is 5.02 Å². The van der Waals surface area contributed by atoms with Crippen LogP contribution < -0.4 is 5.73 Å². The van der Waals surface area contributed by atoms with Crippen LogP contribution in [0.4, 0.5) is 17.6 Å². The Hall–Kier alpha value is -4.92. The number of ether oxygens (including phenoxy) is 1. The molecule has 0 fully saturated rings. The third kappa shape index (κ3) is 7.78. The second-order valence-electron chi connectivity index (χ2n) is 14.6. The summed E-state index contributed by atoms with van der Waals surface area (Å²) in [7, 11) is 0. The van der Waals surface area contributed by atoms with Gasteiger partial charge in [0, 0.05) is 23.4 Å². The van der Waals surface area contributed by atoms with Crippen molar-refractivity contribution in [3.8, 4) is 17.1 Å². The maximum atomic E-state index is 14.9. The standard InChI is InChI=1S/C36H39ClF4N8O3/c1-33(2,3)19-36(23-11-8-21(9-12-23)29-43-14-7-15-44-29)31(51)48(32(42)47-36)26(18-52-27(50)17-34(4,5)35(6,40)41)22-10-13-24(37)25(16-22)49-30(28(38)39)45-20-46-49/h7-16,20,26,28H,17-19H2,1-6H3,(H2,42,47)/t26-,36-/m1/s1. The molecule has 0 saturated heterocycles. The van der Waals surface area contributed by atoms with E-state index in [9.17, 15) is 27.2 Å². The first-order chi connectivity index (χ1) is 24.2. The van der Waals surface area contributed by atoms with Crippen LogP contribution in [0.15, 0.2) is 72.2 Å². The van der Waals surface area contributed by atoms with Crippen molar-refractivity contribution in [2.45, 2.75) is 78.3 Å². The molecule has 16 heteroatoms. The summed E-state index contributed by atoms with van der Waals surface area (Å²) in [5, 5.41) is 3.94. The van der Waals surface area contributed by atoms with Gasteiger partial charge in [-0.15, -0.1) is 0 Å². The molecule has 0 saturated carbocycles. The molecule has 1 aliphatic rings. The Morgan fingerprint density at radius 1 is 1.00 bits per heavy atom. The lowest BCUT2D eigenvalue weighted by Crippen LogP contribution is -2.47. The van der Waals surface area contributed by atoms with Gasteiger partial charge in [-0.05, 0) is 48.1 Å². The first-order valence-electron chi connectivity index (χ1n) is 16.3. The summed E-state index contributed by atoms with van der Waals surface area (Å²) in [6, 6.07) is 11.8. The van der Waals surface area contributed by atoms with Crippen molar-refractivity contribution in [2.75, 3.05) is 6.61 Å². The summed E-state index contributed by atoms with van der Waals surface area (Å²) in [4.78, 5) is 46.2. The van der Waals surface area contributed by atoms with Crippen LogP contribution in [-0.2, 0) is 19.9 Å². The van der Waals surface area contributed by atoms with Crippen LogP contribution >= 0.6 is 11.6 Å². The minimum absolute atomic E-state index is 0.00289. The molecule has 2 aromatic carbocycles. The van der Waals surface area contributed by atoms with Gasteiger partial charge >= 0.3 is 5.97 Å². The highest BCUT2D eigenvalue weighted by atomic mass is 35.5. The summed E-state index contributed by atoms with van der Waals surface area (Å²) in [5.41, 5.74) is 4.28. The van der Waals surface area contributed by atoms with Crippen molar-refractivity contribution in [3.63, 3.8) is 0 Å². The summed E-state index contributed by atoms with van der Waals surface area (Å²) in [5.74, 6) is -5.14. The summed E-state index contributed by atoms with van der Waals surface area (Å²) >= 11 is 6.46. The molecule has 2 aromatic heterocycles. The molecule has 0 spiro atoms. The van der Waals surface area contributed by atoms with E-state index in [4.69, 9.17) is 27.1 Å². The number of carbonyl (C=O) groups excluding carboxylic acids is 2. The molecule has 276 valence electrons. The largest absolute Gasteiger partial charge is 0.463 e. The van der Waals surface area contributed by atoms with Crippen LogP contribution in [-0.4, -0.2) is 60.0 Å². The third-order valence-corrected chi connectivity index (χ3v) is 9.26. The molecule has 1 aliphatic heterocycles. The molecule has 2 N–H and O–H groups in total. The molecule has 5 rings (SSSR count). The Bertz CT molecular complexity index is 1960. The van der Waals surface area contributed by atoms with E-state index >= 15 is 0 Å². The average Bonchev–Trinajstić information content (AvgIpc) is 3.64. The van der Waals surface area contributed by atoms with Gasteiger partial charge in [0.05, 0.1) is 23.2 Å². The molecular weight excluding hydrogens is 704 g/mol. The Morgan fingerprint density at radius 2 is 1.65 bits per heavy atom. The van der Waals surface area contributed by atoms with E-state index in [1.807, 2.05) is 20.8 Å². The zero-order valence-corrected chi connectivity index (χ0v) is 30.2. The van der Waals surface area contributed by atoms with Gasteiger partial charge in [0.1, 0.15) is 12.9 Å². The lowest BCUT2D eigenvalue weighted by Gasteiger charge is -2.35. The van der Waals surface area contributed by atoms with E-state index in [2.05, 4.69) is 20.1 Å². The highest BCUT2D eigenvalue weighted by molar-refractivity contribution is 6.32. The maximum Gasteiger partial charge on any atom is 0.306 e. The SMILES string of the molecule is CC(C)(C)C[C@]1(c2ccc(-c3ncccn3)cc2)N=C(N)N([C@H](COC(=O)CC(C)(C)C(C)(F)F)c2ccc(Cl)c(-n3ncnc3C(F)F)c2)C1=O. The number of rotatable bonds is 12. The minimum Gasteiger partial charge on any atom is -0.463 e. The number of amides is 1. The number of esters is 1. The van der Waals surface area contributed by atoms with Crippen LogP contribution in [0.3, 0.4) is 0 Å². The summed E-state index contributed by atoms with van der Waals surface area (Å²) in [6.45, 7) is 8.46. The fourth-order valence-electron chi connectivity index (χ4n) is 5.96. The molecule has 52 heavy (non-hydrogen) atoms. The number of carbonyl (C=O) groups is 2. The molecule has 2 atom stereocenters. The topological polar surface area (TPSA) is 141 Å². The number of hydrogen-bond acceptors (Lipinski definition) is 9. The predicted molar refractivity (Wildman–Crippen MR) is 186 cm³/mol. The number of benzene rings is 2. The molecular formula is C36H39ClF4N8O3. The van der Waals surface area contributed by atoms with Gasteiger partial charge in [-0.1, -0.05) is 76.6 Å². The molecule has 4 aromatic rings. The van der Waals surface area contributed by atoms with E-state index < -0.39 is 65.5 Å². The number of halogens is 5. The first-order valence-corrected chi connectivity index (χ1v) is 16.7. The zero-order chi connectivity index (χ0) is 38.2. The number of aromatic nitrogens is 5. The van der Waals surface area contributed by atoms with Crippen molar-refractivity contribution in [1.29, 1.82) is 0 Å². The van der Waals surface area contributed by atoms with Gasteiger partial charge in [0.2, 0.25) is 0 Å². The fourth-order valence-corrected chi connectivity index (χ4v) is 6.16. The Balaban J connectivity index is 1.59. The Labute approximate surface area is 303 Å². The highest BCUT2D eigenvalue weighted by Gasteiger charge is 2.53. The predicted octanol–water partition coefficient (Wildman–Crippen LogP) is 7.46. The smallest absolute Gasteiger partial charge is 0.306 e. The van der Waals surface area contributed by atoms with Gasteiger partial charge in [-0.3, -0.25) is 14.5 Å². The van der Waals surface area contributed by atoms with E-state index in [1.54, 1.807) is 42.7 Å². The zero-order valence-electron chi connectivity index (χ0n) is 29.4. The molecule has 0 aliphatic carbocycles. The number of nitrogens with two attached hydrogens (primary N) is 1. The molecule has 11 nitrogen and oxygen atoms in total. The normalized spacial score (nSPS) is 17.4. The third-order valence-electron chi connectivity index (χ3n) is 8.94. The first kappa shape index (κ1) is 38.3. The van der Waals surface area contributed by atoms with Crippen molar-refractivity contribution >= 4 is 29.4 Å². The van der Waals surface area contributed by atoms with Crippen LogP contribution in [0, 0.1) is 10.8 Å². The van der Waals surface area contributed by atoms with Crippen LogP contribution in [0.5, 0.6) is 0 Å². The number of alkyl halides is 4. The van der Waals surface area contributed by atoms with E-state index in [-0.39, 0.29) is 28.7 Å². The second kappa shape index (κ2) is 14.2. The quantitative estimate of drug-likeness (QED) is 0.117. The lowest BCUT2D eigenvalue weighted by molar-refractivity contribution is -0.157. The Morgan fingerprint density at radius 3 is 2.25 bits per heavy atom. The summed E-state index contributed by atoms with van der Waals surface area (Å²) < 4.78 is 62.7. The van der Waals surface area contributed by atoms with E-state index in [0.717, 1.165) is 11.0 Å². The number of nitrogens with zero attached hydrogens (tertiary/aromatic N) is 7. The van der Waals surface area contributed by atoms with Crippen molar-refractivity contribution in [1.82, 2.24) is 29.6 Å². The number of aliphatic imine (C=N–C) groups is 1. The number of hydrogen-bond donors (Lipinski definition) is 1. The van der Waals surface area contributed by atoms with E-state index in [0.29, 0.717) is 23.9 Å². The average molecular weight is 743 g/mol. The molecule has 3 heterocycles. The molecule has 0 bridgehead atoms.